The molecule has 0 saturated carbocycles. The van der Waals surface area contributed by atoms with Crippen molar-refractivity contribution in [3.63, 3.8) is 0 Å². The monoisotopic (exact) mass is 303 g/mol. The van der Waals surface area contributed by atoms with Gasteiger partial charge in [-0.3, -0.25) is 9.59 Å². The Bertz CT molecular complexity index is 475. The number of amides is 1. The van der Waals surface area contributed by atoms with Crippen molar-refractivity contribution in [2.45, 2.75) is 32.8 Å². The first-order chi connectivity index (χ1) is 8.88. The summed E-state index contributed by atoms with van der Waals surface area (Å²) in [5, 5.41) is 3.45. The summed E-state index contributed by atoms with van der Waals surface area (Å²) < 4.78 is 4.93. The summed E-state index contributed by atoms with van der Waals surface area (Å²) in [6, 6.07) is 4.76. The Morgan fingerprint density at radius 3 is 2.53 bits per heavy atom. The summed E-state index contributed by atoms with van der Waals surface area (Å²) in [7, 11) is 0. The van der Waals surface area contributed by atoms with Gasteiger partial charge in [0.1, 0.15) is 0 Å². The van der Waals surface area contributed by atoms with E-state index in [0.29, 0.717) is 15.7 Å². The summed E-state index contributed by atoms with van der Waals surface area (Å²) >= 11 is 11.7. The molecule has 0 saturated heterocycles. The zero-order valence-electron chi connectivity index (χ0n) is 10.7. The quantitative estimate of drug-likeness (QED) is 0.845. The zero-order chi connectivity index (χ0) is 14.4. The third-order valence-electron chi connectivity index (χ3n) is 2.13. The van der Waals surface area contributed by atoms with Gasteiger partial charge in [0.25, 0.3) is 0 Å². The average Bonchev–Trinajstić information content (AvgIpc) is 2.29. The zero-order valence-corrected chi connectivity index (χ0v) is 12.2. The predicted octanol–water partition coefficient (Wildman–Crippen LogP) is 3.66. The van der Waals surface area contributed by atoms with Crippen molar-refractivity contribution in [3.05, 3.63) is 28.2 Å². The highest BCUT2D eigenvalue weighted by atomic mass is 35.5. The number of hydrogen-bond acceptors (Lipinski definition) is 3. The van der Waals surface area contributed by atoms with Gasteiger partial charge in [-0.2, -0.15) is 0 Å². The summed E-state index contributed by atoms with van der Waals surface area (Å²) in [4.78, 5) is 22.9. The first-order valence-electron chi connectivity index (χ1n) is 5.83. The molecular formula is C13H15Cl2NO3. The highest BCUT2D eigenvalue weighted by Crippen LogP contribution is 2.25. The number of anilines is 1. The van der Waals surface area contributed by atoms with Crippen LogP contribution in [0.5, 0.6) is 0 Å². The van der Waals surface area contributed by atoms with Crippen molar-refractivity contribution < 1.29 is 14.3 Å². The lowest BCUT2D eigenvalue weighted by atomic mass is 10.2. The third kappa shape index (κ3) is 5.94. The van der Waals surface area contributed by atoms with E-state index in [1.807, 2.05) is 0 Å². The minimum atomic E-state index is -0.396. The van der Waals surface area contributed by atoms with Gasteiger partial charge in [-0.1, -0.05) is 23.2 Å². The molecule has 4 nitrogen and oxygen atoms in total. The Balaban J connectivity index is 2.45. The van der Waals surface area contributed by atoms with Gasteiger partial charge in [0.05, 0.1) is 23.2 Å². The molecule has 0 aliphatic rings. The number of carbonyl (C=O) groups excluding carboxylic acids is 2. The molecule has 6 heteroatoms. The van der Waals surface area contributed by atoms with Gasteiger partial charge in [-0.25, -0.2) is 0 Å². The van der Waals surface area contributed by atoms with Gasteiger partial charge >= 0.3 is 5.97 Å². The predicted molar refractivity (Wildman–Crippen MR) is 75.6 cm³/mol. The SMILES string of the molecule is CC(C)OC(=O)CCC(=O)Nc1ccc(Cl)cc1Cl. The van der Waals surface area contributed by atoms with E-state index < -0.39 is 5.97 Å². The van der Waals surface area contributed by atoms with E-state index in [1.54, 1.807) is 26.0 Å². The molecule has 1 N–H and O–H groups in total. The standard InChI is InChI=1S/C13H15Cl2NO3/c1-8(2)19-13(18)6-5-12(17)16-11-4-3-9(14)7-10(11)15/h3-4,7-8H,5-6H2,1-2H3,(H,16,17). The summed E-state index contributed by atoms with van der Waals surface area (Å²) in [6.45, 7) is 3.51. The van der Waals surface area contributed by atoms with Gasteiger partial charge in [-0.15, -0.1) is 0 Å². The van der Waals surface area contributed by atoms with Crippen molar-refractivity contribution in [2.24, 2.45) is 0 Å². The van der Waals surface area contributed by atoms with Crippen molar-refractivity contribution in [3.8, 4) is 0 Å². The van der Waals surface area contributed by atoms with Crippen LogP contribution in [-0.2, 0) is 14.3 Å². The topological polar surface area (TPSA) is 55.4 Å². The maximum absolute atomic E-state index is 11.6. The van der Waals surface area contributed by atoms with Crippen LogP contribution in [0.25, 0.3) is 0 Å². The van der Waals surface area contributed by atoms with Crippen LogP contribution in [0.2, 0.25) is 10.0 Å². The largest absolute Gasteiger partial charge is 0.463 e. The molecule has 1 aromatic carbocycles. The molecule has 0 bridgehead atoms. The Labute approximate surface area is 122 Å². The highest BCUT2D eigenvalue weighted by molar-refractivity contribution is 6.36. The van der Waals surface area contributed by atoms with Gasteiger partial charge in [-0.05, 0) is 32.0 Å². The Morgan fingerprint density at radius 2 is 1.95 bits per heavy atom. The van der Waals surface area contributed by atoms with E-state index in [0.717, 1.165) is 0 Å². The van der Waals surface area contributed by atoms with Gasteiger partial charge in [0.2, 0.25) is 5.91 Å². The molecule has 19 heavy (non-hydrogen) atoms. The maximum atomic E-state index is 11.6. The van der Waals surface area contributed by atoms with Gasteiger partial charge < -0.3 is 10.1 Å². The first-order valence-corrected chi connectivity index (χ1v) is 6.58. The maximum Gasteiger partial charge on any atom is 0.306 e. The number of rotatable bonds is 5. The van der Waals surface area contributed by atoms with E-state index >= 15 is 0 Å². The minimum absolute atomic E-state index is 0.0369. The van der Waals surface area contributed by atoms with Crippen molar-refractivity contribution in [2.75, 3.05) is 5.32 Å². The van der Waals surface area contributed by atoms with Crippen LogP contribution < -0.4 is 5.32 Å². The molecule has 0 aliphatic carbocycles. The van der Waals surface area contributed by atoms with Crippen molar-refractivity contribution in [1.29, 1.82) is 0 Å². The fourth-order valence-electron chi connectivity index (χ4n) is 1.34. The van der Waals surface area contributed by atoms with Gasteiger partial charge in [0.15, 0.2) is 0 Å². The fraction of sp³-hybridized carbons (Fsp3) is 0.385. The van der Waals surface area contributed by atoms with Crippen LogP contribution in [0.4, 0.5) is 5.69 Å². The lowest BCUT2D eigenvalue weighted by Gasteiger charge is -2.09. The molecule has 1 amide bonds. The number of nitrogens with one attached hydrogen (secondary N) is 1. The van der Waals surface area contributed by atoms with Crippen LogP contribution in [0.15, 0.2) is 18.2 Å². The van der Waals surface area contributed by atoms with Gasteiger partial charge in [0, 0.05) is 11.4 Å². The van der Waals surface area contributed by atoms with Crippen LogP contribution in [0, 0.1) is 0 Å². The highest BCUT2D eigenvalue weighted by Gasteiger charge is 2.11. The normalized spacial score (nSPS) is 10.4. The Morgan fingerprint density at radius 1 is 1.26 bits per heavy atom. The fourth-order valence-corrected chi connectivity index (χ4v) is 1.80. The van der Waals surface area contributed by atoms with Crippen LogP contribution in [0.3, 0.4) is 0 Å². The smallest absolute Gasteiger partial charge is 0.306 e. The van der Waals surface area contributed by atoms with E-state index in [2.05, 4.69) is 5.32 Å². The second-order valence-electron chi connectivity index (χ2n) is 4.21. The molecule has 0 atom stereocenters. The molecule has 1 aromatic rings. The van der Waals surface area contributed by atoms with Crippen LogP contribution in [-0.4, -0.2) is 18.0 Å². The molecule has 0 aromatic heterocycles. The average molecular weight is 304 g/mol. The molecule has 0 heterocycles. The van der Waals surface area contributed by atoms with Crippen LogP contribution in [0.1, 0.15) is 26.7 Å². The molecule has 0 aliphatic heterocycles. The molecule has 0 radical (unpaired) electrons. The summed E-state index contributed by atoms with van der Waals surface area (Å²) in [5.74, 6) is -0.697. The molecule has 1 rings (SSSR count). The van der Waals surface area contributed by atoms with Crippen molar-refractivity contribution in [1.82, 2.24) is 0 Å². The Kier molecular flexibility index (Phi) is 6.12. The lowest BCUT2D eigenvalue weighted by Crippen LogP contribution is -2.16. The summed E-state index contributed by atoms with van der Waals surface area (Å²) in [6.07, 6.45) is -0.0963. The number of hydrogen-bond donors (Lipinski definition) is 1. The van der Waals surface area contributed by atoms with E-state index in [9.17, 15) is 9.59 Å². The number of esters is 1. The third-order valence-corrected chi connectivity index (χ3v) is 2.68. The number of benzene rings is 1. The molecular weight excluding hydrogens is 289 g/mol. The Hall–Kier alpha value is -1.26. The molecule has 104 valence electrons. The summed E-state index contributed by atoms with van der Waals surface area (Å²) in [5.41, 5.74) is 0.466. The van der Waals surface area contributed by atoms with Crippen LogP contribution >= 0.6 is 23.2 Å². The number of carbonyl (C=O) groups is 2. The number of halogens is 2. The number of ether oxygens (including phenoxy) is 1. The molecule has 0 spiro atoms. The molecule has 0 unspecified atom stereocenters. The minimum Gasteiger partial charge on any atom is -0.463 e. The second kappa shape index (κ2) is 7.36. The molecule has 0 fully saturated rings. The lowest BCUT2D eigenvalue weighted by molar-refractivity contribution is -0.148. The van der Waals surface area contributed by atoms with E-state index in [4.69, 9.17) is 27.9 Å². The second-order valence-corrected chi connectivity index (χ2v) is 5.05. The first kappa shape index (κ1) is 15.8. The van der Waals surface area contributed by atoms with E-state index in [-0.39, 0.29) is 24.9 Å². The van der Waals surface area contributed by atoms with Crippen molar-refractivity contribution >= 4 is 40.8 Å². The van der Waals surface area contributed by atoms with E-state index in [1.165, 1.54) is 6.07 Å².